The first-order valence-corrected chi connectivity index (χ1v) is 13.3. The van der Waals surface area contributed by atoms with E-state index in [1.807, 2.05) is 4.90 Å². The molecule has 2 fully saturated rings. The van der Waals surface area contributed by atoms with Gasteiger partial charge in [-0.3, -0.25) is 4.79 Å². The fraction of sp³-hybridized carbons (Fsp3) is 0.333. The number of hydrogen-bond acceptors (Lipinski definition) is 4. The van der Waals surface area contributed by atoms with Crippen LogP contribution in [0.15, 0.2) is 91.0 Å². The second kappa shape index (κ2) is 10.7. The van der Waals surface area contributed by atoms with Crippen LogP contribution in [0.2, 0.25) is 0 Å². The topological polar surface area (TPSA) is 47.3 Å². The first-order chi connectivity index (χ1) is 17.2. The van der Waals surface area contributed by atoms with Crippen LogP contribution in [0.4, 0.5) is 0 Å². The summed E-state index contributed by atoms with van der Waals surface area (Å²) in [4.78, 5) is 15.8. The van der Waals surface area contributed by atoms with E-state index in [0.29, 0.717) is 19.0 Å². The number of hydrogen-bond donors (Lipinski definition) is 0. The summed E-state index contributed by atoms with van der Waals surface area (Å²) in [6.07, 6.45) is 4.35. The minimum Gasteiger partial charge on any atom is -0.337 e. The lowest BCUT2D eigenvalue weighted by Crippen LogP contribution is -2.46. The molecule has 0 spiro atoms. The summed E-state index contributed by atoms with van der Waals surface area (Å²) in [6, 6.07) is 34.3. The Kier molecular flexibility index (Phi) is 7.22. The van der Waals surface area contributed by atoms with Crippen molar-refractivity contribution >= 4 is 17.9 Å². The Bertz CT molecular complexity index is 1060. The number of rotatable bonds is 9. The molecule has 178 valence electrons. The van der Waals surface area contributed by atoms with Gasteiger partial charge in [-0.15, -0.1) is 0 Å². The Morgan fingerprint density at radius 1 is 0.886 bits per heavy atom. The van der Waals surface area contributed by atoms with Crippen LogP contribution in [0.1, 0.15) is 48.8 Å². The predicted molar refractivity (Wildman–Crippen MR) is 141 cm³/mol. The van der Waals surface area contributed by atoms with Crippen molar-refractivity contribution in [3.63, 3.8) is 0 Å². The molecule has 3 aromatic carbocycles. The largest absolute Gasteiger partial charge is 0.337 e. The van der Waals surface area contributed by atoms with Crippen molar-refractivity contribution in [1.82, 2.24) is 9.21 Å². The molecule has 5 rings (SSSR count). The molecule has 1 amide bonds. The molecular weight excluding hydrogens is 450 g/mol. The van der Waals surface area contributed by atoms with Crippen LogP contribution < -0.4 is 0 Å². The Morgan fingerprint density at radius 2 is 1.40 bits per heavy atom. The van der Waals surface area contributed by atoms with Gasteiger partial charge in [0.1, 0.15) is 4.75 Å². The molecule has 0 radical (unpaired) electrons. The molecule has 5 heteroatoms. The van der Waals surface area contributed by atoms with Gasteiger partial charge in [0.25, 0.3) is 0 Å². The quantitative estimate of drug-likeness (QED) is 0.278. The number of carbonyl (C=O) groups is 1. The maximum Gasteiger partial charge on any atom is 0.241 e. The average Bonchev–Trinajstić information content (AvgIpc) is 3.66. The lowest BCUT2D eigenvalue weighted by molar-refractivity contribution is -0.135. The fourth-order valence-electron chi connectivity index (χ4n) is 5.17. The van der Waals surface area contributed by atoms with Gasteiger partial charge in [0.2, 0.25) is 5.91 Å². The van der Waals surface area contributed by atoms with Crippen LogP contribution in [0, 0.1) is 11.3 Å². The standard InChI is InChI=1S/C30H31N3OS/c31-21-11-22-32(27-19-20-27)29(34)28-18-10-23-33(28)35-30(24-12-4-1-5-13-24,25-14-6-2-7-15-25)26-16-8-3-9-17-26/h1-9,12-17,27-28H,10-11,18-20,22-23H2. The number of amides is 1. The number of nitriles is 1. The number of carbonyl (C=O) groups excluding carboxylic acids is 1. The second-order valence-corrected chi connectivity index (χ2v) is 10.6. The summed E-state index contributed by atoms with van der Waals surface area (Å²) in [5.74, 6) is 0.191. The molecule has 35 heavy (non-hydrogen) atoms. The van der Waals surface area contributed by atoms with Gasteiger partial charge in [0, 0.05) is 19.1 Å². The summed E-state index contributed by atoms with van der Waals surface area (Å²) in [5, 5.41) is 9.14. The van der Waals surface area contributed by atoms with Crippen LogP contribution in [0.3, 0.4) is 0 Å². The normalized spacial score (nSPS) is 18.2. The van der Waals surface area contributed by atoms with E-state index in [4.69, 9.17) is 5.26 Å². The third kappa shape index (κ3) is 4.87. The van der Waals surface area contributed by atoms with E-state index in [2.05, 4.69) is 101 Å². The van der Waals surface area contributed by atoms with Crippen LogP contribution in [0.5, 0.6) is 0 Å². The summed E-state index contributed by atoms with van der Waals surface area (Å²) in [6.45, 7) is 1.41. The molecule has 4 nitrogen and oxygen atoms in total. The first kappa shape index (κ1) is 23.7. The molecule has 3 aromatic rings. The smallest absolute Gasteiger partial charge is 0.241 e. The monoisotopic (exact) mass is 481 g/mol. The number of nitrogens with zero attached hydrogens (tertiary/aromatic N) is 3. The molecule has 0 bridgehead atoms. The van der Waals surface area contributed by atoms with Crippen LogP contribution in [-0.2, 0) is 9.54 Å². The predicted octanol–water partition coefficient (Wildman–Crippen LogP) is 6.00. The van der Waals surface area contributed by atoms with Gasteiger partial charge in [-0.1, -0.05) is 103 Å². The molecule has 1 saturated carbocycles. The molecule has 1 unspecified atom stereocenters. The van der Waals surface area contributed by atoms with Crippen molar-refractivity contribution in [1.29, 1.82) is 5.26 Å². The lowest BCUT2D eigenvalue weighted by Gasteiger charge is -2.40. The maximum absolute atomic E-state index is 13.8. The van der Waals surface area contributed by atoms with Gasteiger partial charge in [0.05, 0.1) is 18.5 Å². The maximum atomic E-state index is 13.8. The van der Waals surface area contributed by atoms with E-state index >= 15 is 0 Å². The van der Waals surface area contributed by atoms with Gasteiger partial charge in [-0.25, -0.2) is 4.31 Å². The Hall–Kier alpha value is -3.07. The van der Waals surface area contributed by atoms with Gasteiger partial charge in [-0.05, 0) is 42.4 Å². The van der Waals surface area contributed by atoms with Crippen LogP contribution in [-0.4, -0.2) is 40.3 Å². The molecule has 1 aliphatic carbocycles. The van der Waals surface area contributed by atoms with Crippen molar-refractivity contribution < 1.29 is 4.79 Å². The van der Waals surface area contributed by atoms with Crippen molar-refractivity contribution in [2.24, 2.45) is 0 Å². The third-order valence-corrected chi connectivity index (χ3v) is 8.67. The lowest BCUT2D eigenvalue weighted by atomic mass is 9.84. The Labute approximate surface area is 212 Å². The van der Waals surface area contributed by atoms with E-state index < -0.39 is 4.75 Å². The van der Waals surface area contributed by atoms with Crippen molar-refractivity contribution in [2.75, 3.05) is 13.1 Å². The highest BCUT2D eigenvalue weighted by molar-refractivity contribution is 7.98. The first-order valence-electron chi connectivity index (χ1n) is 12.5. The van der Waals surface area contributed by atoms with E-state index in [9.17, 15) is 4.79 Å². The minimum atomic E-state index is -0.482. The van der Waals surface area contributed by atoms with Gasteiger partial charge in [-0.2, -0.15) is 5.26 Å². The van der Waals surface area contributed by atoms with E-state index in [0.717, 1.165) is 32.2 Å². The zero-order chi connectivity index (χ0) is 24.1. The highest BCUT2D eigenvalue weighted by Gasteiger charge is 2.45. The molecule has 1 saturated heterocycles. The third-order valence-electron chi connectivity index (χ3n) is 7.02. The van der Waals surface area contributed by atoms with E-state index in [1.165, 1.54) is 16.7 Å². The number of benzene rings is 3. The minimum absolute atomic E-state index is 0.171. The second-order valence-electron chi connectivity index (χ2n) is 9.34. The molecule has 1 aliphatic heterocycles. The highest BCUT2D eigenvalue weighted by atomic mass is 32.2. The average molecular weight is 482 g/mol. The molecule has 2 aliphatic rings. The summed E-state index contributed by atoms with van der Waals surface area (Å²) in [7, 11) is 0. The molecular formula is C30H31N3OS. The van der Waals surface area contributed by atoms with Gasteiger partial charge in [0.15, 0.2) is 0 Å². The van der Waals surface area contributed by atoms with Crippen molar-refractivity contribution in [3.8, 4) is 6.07 Å². The zero-order valence-electron chi connectivity index (χ0n) is 19.9. The van der Waals surface area contributed by atoms with Gasteiger partial charge < -0.3 is 4.90 Å². The molecule has 1 heterocycles. The zero-order valence-corrected chi connectivity index (χ0v) is 20.7. The fourth-order valence-corrected chi connectivity index (χ4v) is 6.79. The van der Waals surface area contributed by atoms with Gasteiger partial charge >= 0.3 is 0 Å². The summed E-state index contributed by atoms with van der Waals surface area (Å²) in [5.41, 5.74) is 3.59. The Morgan fingerprint density at radius 3 is 1.86 bits per heavy atom. The van der Waals surface area contributed by atoms with Crippen LogP contribution >= 0.6 is 11.9 Å². The van der Waals surface area contributed by atoms with Crippen molar-refractivity contribution in [3.05, 3.63) is 108 Å². The highest BCUT2D eigenvalue weighted by Crippen LogP contribution is 2.51. The molecule has 0 aromatic heterocycles. The SMILES string of the molecule is N#CCCN(C(=O)C1CCCN1SC(c1ccccc1)(c1ccccc1)c1ccccc1)C1CC1. The van der Waals surface area contributed by atoms with Crippen molar-refractivity contribution in [2.45, 2.75) is 48.9 Å². The van der Waals surface area contributed by atoms with E-state index in [-0.39, 0.29) is 11.9 Å². The Balaban J connectivity index is 1.56. The summed E-state index contributed by atoms with van der Waals surface area (Å²) >= 11 is 1.79. The van der Waals surface area contributed by atoms with Crippen LogP contribution in [0.25, 0.3) is 0 Å². The molecule has 0 N–H and O–H groups in total. The molecule has 1 atom stereocenters. The van der Waals surface area contributed by atoms with E-state index in [1.54, 1.807) is 11.9 Å². The summed E-state index contributed by atoms with van der Waals surface area (Å²) < 4.78 is 1.85.